The second-order valence-electron chi connectivity index (χ2n) is 3.41. The van der Waals surface area contributed by atoms with Crippen molar-refractivity contribution in [1.82, 2.24) is 4.98 Å². The van der Waals surface area contributed by atoms with Gasteiger partial charge in [0.25, 0.3) is 6.43 Å². The van der Waals surface area contributed by atoms with Crippen molar-refractivity contribution in [3.63, 3.8) is 0 Å². The Morgan fingerprint density at radius 1 is 1.45 bits per heavy atom. The van der Waals surface area contributed by atoms with Crippen LogP contribution >= 0.6 is 0 Å². The van der Waals surface area contributed by atoms with Crippen molar-refractivity contribution in [3.8, 4) is 5.75 Å². The Balaban J connectivity index is 3.48. The summed E-state index contributed by atoms with van der Waals surface area (Å²) in [6, 6.07) is 0. The maximum Gasteiger partial charge on any atom is 0.573 e. The van der Waals surface area contributed by atoms with Crippen LogP contribution in [0.2, 0.25) is 0 Å². The Morgan fingerprint density at radius 2 is 2.05 bits per heavy atom. The number of nitrogens with two attached hydrogens (primary N) is 1. The van der Waals surface area contributed by atoms with Crippen molar-refractivity contribution in [2.45, 2.75) is 19.3 Å². The standard InChI is InChI=1S/C10H9F5N2O3/c1-19-9(18)6-4(2-16)5(20-10(13,14)15)3-17-7(6)8(11)12/h3,8H,2,16H2,1H3. The Kier molecular flexibility index (Phi) is 4.82. The van der Waals surface area contributed by atoms with Gasteiger partial charge in [-0.25, -0.2) is 13.6 Å². The molecule has 0 fully saturated rings. The van der Waals surface area contributed by atoms with Crippen molar-refractivity contribution < 1.29 is 36.2 Å². The normalized spacial score (nSPS) is 11.6. The molecule has 112 valence electrons. The summed E-state index contributed by atoms with van der Waals surface area (Å²) in [6.45, 7) is -0.641. The smallest absolute Gasteiger partial charge is 0.465 e. The van der Waals surface area contributed by atoms with Gasteiger partial charge >= 0.3 is 12.3 Å². The zero-order chi connectivity index (χ0) is 15.5. The lowest BCUT2D eigenvalue weighted by atomic mass is 10.1. The molecule has 0 radical (unpaired) electrons. The minimum absolute atomic E-state index is 0.434. The Labute approximate surface area is 109 Å². The largest absolute Gasteiger partial charge is 0.573 e. The molecule has 0 aliphatic heterocycles. The average molecular weight is 300 g/mol. The molecule has 0 saturated carbocycles. The van der Waals surface area contributed by atoms with E-state index in [9.17, 15) is 26.7 Å². The second-order valence-corrected chi connectivity index (χ2v) is 3.41. The SMILES string of the molecule is COC(=O)c1c(C(F)F)ncc(OC(F)(F)F)c1CN. The fourth-order valence-corrected chi connectivity index (χ4v) is 1.46. The predicted octanol–water partition coefficient (Wildman–Crippen LogP) is 2.16. The van der Waals surface area contributed by atoms with Gasteiger partial charge in [0.2, 0.25) is 0 Å². The van der Waals surface area contributed by atoms with Crippen molar-refractivity contribution in [1.29, 1.82) is 0 Å². The first kappa shape index (κ1) is 16.1. The first-order valence-electron chi connectivity index (χ1n) is 5.05. The highest BCUT2D eigenvalue weighted by atomic mass is 19.4. The lowest BCUT2D eigenvalue weighted by Gasteiger charge is -2.16. The van der Waals surface area contributed by atoms with E-state index < -0.39 is 47.9 Å². The number of hydrogen-bond acceptors (Lipinski definition) is 5. The zero-order valence-corrected chi connectivity index (χ0v) is 10.0. The van der Waals surface area contributed by atoms with Crippen LogP contribution in [0, 0.1) is 0 Å². The van der Waals surface area contributed by atoms with E-state index in [0.29, 0.717) is 6.20 Å². The molecule has 1 rings (SSSR count). The molecule has 1 heterocycles. The van der Waals surface area contributed by atoms with Crippen LogP contribution in [0.15, 0.2) is 6.20 Å². The number of rotatable bonds is 4. The van der Waals surface area contributed by atoms with E-state index >= 15 is 0 Å². The Morgan fingerprint density at radius 3 is 2.45 bits per heavy atom. The Hall–Kier alpha value is -1.97. The molecule has 1 aromatic rings. The molecule has 1 aromatic heterocycles. The van der Waals surface area contributed by atoms with Crippen molar-refractivity contribution in [3.05, 3.63) is 23.0 Å². The van der Waals surface area contributed by atoms with Gasteiger partial charge < -0.3 is 15.2 Å². The van der Waals surface area contributed by atoms with Gasteiger partial charge in [-0.2, -0.15) is 0 Å². The highest BCUT2D eigenvalue weighted by molar-refractivity contribution is 5.93. The monoisotopic (exact) mass is 300 g/mol. The summed E-state index contributed by atoms with van der Waals surface area (Å²) in [4.78, 5) is 14.6. The molecular weight excluding hydrogens is 291 g/mol. The number of methoxy groups -OCH3 is 1. The number of carbonyl (C=O) groups excluding carboxylic acids is 1. The van der Waals surface area contributed by atoms with Crippen LogP contribution in [0.5, 0.6) is 5.75 Å². The van der Waals surface area contributed by atoms with E-state index in [1.54, 1.807) is 0 Å². The Bertz CT molecular complexity index is 504. The molecule has 0 atom stereocenters. The molecule has 0 aliphatic rings. The topological polar surface area (TPSA) is 74.4 Å². The third kappa shape index (κ3) is 3.53. The van der Waals surface area contributed by atoms with Crippen LogP contribution < -0.4 is 10.5 Å². The highest BCUT2D eigenvalue weighted by Gasteiger charge is 2.34. The van der Waals surface area contributed by atoms with E-state index in [2.05, 4.69) is 14.5 Å². The maximum atomic E-state index is 12.7. The molecule has 0 saturated heterocycles. The van der Waals surface area contributed by atoms with E-state index in [0.717, 1.165) is 7.11 Å². The van der Waals surface area contributed by atoms with Gasteiger partial charge in [0.1, 0.15) is 5.69 Å². The lowest BCUT2D eigenvalue weighted by Crippen LogP contribution is -2.22. The van der Waals surface area contributed by atoms with E-state index in [1.807, 2.05) is 0 Å². The number of nitrogens with zero attached hydrogens (tertiary/aromatic N) is 1. The number of hydrogen-bond donors (Lipinski definition) is 1. The summed E-state index contributed by atoms with van der Waals surface area (Å²) in [7, 11) is 0.884. The van der Waals surface area contributed by atoms with Crippen molar-refractivity contribution in [2.24, 2.45) is 5.73 Å². The molecule has 0 amide bonds. The molecule has 2 N–H and O–H groups in total. The van der Waals surface area contributed by atoms with Crippen LogP contribution in [-0.4, -0.2) is 24.4 Å². The lowest BCUT2D eigenvalue weighted by molar-refractivity contribution is -0.275. The van der Waals surface area contributed by atoms with Crippen LogP contribution in [0.4, 0.5) is 22.0 Å². The minimum atomic E-state index is -5.08. The summed E-state index contributed by atoms with van der Waals surface area (Å²) in [5.74, 6) is -2.20. The maximum absolute atomic E-state index is 12.7. The summed E-state index contributed by atoms with van der Waals surface area (Å²) >= 11 is 0. The molecular formula is C10H9F5N2O3. The average Bonchev–Trinajstić information content (AvgIpc) is 2.34. The predicted molar refractivity (Wildman–Crippen MR) is 55.1 cm³/mol. The third-order valence-corrected chi connectivity index (χ3v) is 2.20. The van der Waals surface area contributed by atoms with Crippen LogP contribution in [0.25, 0.3) is 0 Å². The molecule has 0 spiro atoms. The van der Waals surface area contributed by atoms with Crippen LogP contribution in [-0.2, 0) is 11.3 Å². The van der Waals surface area contributed by atoms with Crippen LogP contribution in [0.1, 0.15) is 28.0 Å². The quantitative estimate of drug-likeness (QED) is 0.681. The fraction of sp³-hybridized carbons (Fsp3) is 0.400. The zero-order valence-electron chi connectivity index (χ0n) is 10.0. The van der Waals surface area contributed by atoms with Gasteiger partial charge in [0, 0.05) is 12.1 Å². The summed E-state index contributed by atoms with van der Waals surface area (Å²) in [5.41, 5.74) is 2.80. The molecule has 10 heteroatoms. The first-order valence-corrected chi connectivity index (χ1v) is 5.05. The molecule has 0 unspecified atom stereocenters. The highest BCUT2D eigenvalue weighted by Crippen LogP contribution is 2.32. The van der Waals surface area contributed by atoms with E-state index in [4.69, 9.17) is 5.73 Å². The summed E-state index contributed by atoms with van der Waals surface area (Å²) < 4.78 is 69.8. The number of aromatic nitrogens is 1. The molecule has 20 heavy (non-hydrogen) atoms. The molecule has 0 aliphatic carbocycles. The number of esters is 1. The number of halogens is 5. The van der Waals surface area contributed by atoms with Gasteiger partial charge in [-0.3, -0.25) is 4.98 Å². The molecule has 0 aromatic carbocycles. The van der Waals surface area contributed by atoms with Crippen LogP contribution in [0.3, 0.4) is 0 Å². The summed E-state index contributed by atoms with van der Waals surface area (Å²) in [5, 5.41) is 0. The molecule has 5 nitrogen and oxygen atoms in total. The number of carbonyl (C=O) groups is 1. The summed E-state index contributed by atoms with van der Waals surface area (Å²) in [6.07, 6.45) is -7.83. The minimum Gasteiger partial charge on any atom is -0.465 e. The first-order chi connectivity index (χ1) is 9.21. The van der Waals surface area contributed by atoms with E-state index in [-0.39, 0.29) is 0 Å². The number of alkyl halides is 5. The van der Waals surface area contributed by atoms with Gasteiger partial charge in [0.05, 0.1) is 18.9 Å². The third-order valence-electron chi connectivity index (χ3n) is 2.20. The van der Waals surface area contributed by atoms with Gasteiger partial charge in [-0.1, -0.05) is 0 Å². The number of ether oxygens (including phenoxy) is 2. The molecule has 0 bridgehead atoms. The van der Waals surface area contributed by atoms with Gasteiger partial charge in [0.15, 0.2) is 5.75 Å². The van der Waals surface area contributed by atoms with Crippen molar-refractivity contribution in [2.75, 3.05) is 7.11 Å². The fourth-order valence-electron chi connectivity index (χ4n) is 1.46. The second kappa shape index (κ2) is 5.99. The number of pyridine rings is 1. The van der Waals surface area contributed by atoms with E-state index in [1.165, 1.54) is 0 Å². The van der Waals surface area contributed by atoms with Crippen molar-refractivity contribution >= 4 is 5.97 Å². The van der Waals surface area contributed by atoms with Gasteiger partial charge in [-0.05, 0) is 0 Å². The van der Waals surface area contributed by atoms with Gasteiger partial charge in [-0.15, -0.1) is 13.2 Å².